The van der Waals surface area contributed by atoms with Gasteiger partial charge in [0.25, 0.3) is 0 Å². The van der Waals surface area contributed by atoms with Crippen molar-refractivity contribution in [3.63, 3.8) is 0 Å². The third kappa shape index (κ3) is 2.18. The highest BCUT2D eigenvalue weighted by atomic mass is 16.5. The molecule has 0 unspecified atom stereocenters. The van der Waals surface area contributed by atoms with E-state index in [1.807, 2.05) is 0 Å². The lowest BCUT2D eigenvalue weighted by Gasteiger charge is -1.81. The molecule has 0 N–H and O–H groups in total. The van der Waals surface area contributed by atoms with Gasteiger partial charge in [-0.1, -0.05) is 5.92 Å². The molecule has 0 aliphatic heterocycles. The Hall–Kier alpha value is -0.970. The van der Waals surface area contributed by atoms with Gasteiger partial charge in [-0.15, -0.1) is 0 Å². The maximum absolute atomic E-state index is 10.3. The van der Waals surface area contributed by atoms with Gasteiger partial charge in [0, 0.05) is 11.8 Å². The first kappa shape index (κ1) is 6.15. The van der Waals surface area contributed by atoms with Crippen LogP contribution in [0.4, 0.5) is 0 Å². The highest BCUT2D eigenvalue weighted by Gasteiger charge is 2.18. The fraction of sp³-hybridized carbons (Fsp3) is 0.429. The summed E-state index contributed by atoms with van der Waals surface area (Å²) in [5.74, 6) is 4.97. The van der Waals surface area contributed by atoms with Gasteiger partial charge in [-0.25, -0.2) is 4.79 Å². The van der Waals surface area contributed by atoms with Gasteiger partial charge in [-0.05, 0) is 12.8 Å². The largest absolute Gasteiger partial charge is 0.452 e. The number of hydrogen-bond donors (Lipinski definition) is 0. The minimum Gasteiger partial charge on any atom is -0.452 e. The Morgan fingerprint density at radius 2 is 2.33 bits per heavy atom. The molecule has 9 heavy (non-hydrogen) atoms. The molecule has 2 nitrogen and oxygen atoms in total. The van der Waals surface area contributed by atoms with Crippen LogP contribution in [0.3, 0.4) is 0 Å². The molecule has 0 atom stereocenters. The van der Waals surface area contributed by atoms with Crippen molar-refractivity contribution >= 4 is 5.97 Å². The van der Waals surface area contributed by atoms with Crippen LogP contribution in [0, 0.1) is 24.9 Å². The van der Waals surface area contributed by atoms with Crippen LogP contribution in [-0.4, -0.2) is 5.97 Å². The number of esters is 1. The summed E-state index contributed by atoms with van der Waals surface area (Å²) in [6, 6.07) is 0. The van der Waals surface area contributed by atoms with Crippen molar-refractivity contribution in [1.82, 2.24) is 0 Å². The van der Waals surface area contributed by atoms with Crippen LogP contribution in [0.15, 0.2) is 0 Å². The van der Waals surface area contributed by atoms with Crippen molar-refractivity contribution < 1.29 is 9.53 Å². The van der Waals surface area contributed by atoms with Gasteiger partial charge >= 0.3 is 5.97 Å². The maximum atomic E-state index is 10.3. The number of ether oxygens (including phenoxy) is 1. The second kappa shape index (κ2) is 2.54. The second-order valence-corrected chi connectivity index (χ2v) is 1.98. The van der Waals surface area contributed by atoms with Gasteiger partial charge < -0.3 is 4.74 Å². The van der Waals surface area contributed by atoms with E-state index >= 15 is 0 Å². The van der Waals surface area contributed by atoms with Gasteiger partial charge in [-0.3, -0.25) is 0 Å². The van der Waals surface area contributed by atoms with Crippen LogP contribution in [0.1, 0.15) is 12.8 Å². The number of carbonyl (C=O) groups excluding carboxylic acids is 1. The van der Waals surface area contributed by atoms with Crippen LogP contribution >= 0.6 is 0 Å². The number of rotatable bonds is 0. The Labute approximate surface area is 54.2 Å². The zero-order valence-electron chi connectivity index (χ0n) is 5.02. The maximum Gasteiger partial charge on any atom is 0.384 e. The standard InChI is InChI=1S/C7H7O2/c1-9-7(8)5-4-6-2-3-6/h6H,1-3H2. The lowest BCUT2D eigenvalue weighted by Crippen LogP contribution is -1.92. The van der Waals surface area contributed by atoms with Crippen LogP contribution in [-0.2, 0) is 9.53 Å². The van der Waals surface area contributed by atoms with E-state index in [1.54, 1.807) is 0 Å². The Kier molecular flexibility index (Phi) is 1.74. The fourth-order valence-electron chi connectivity index (χ4n) is 0.425. The Balaban J connectivity index is 2.30. The number of carbonyl (C=O) groups is 1. The Morgan fingerprint density at radius 3 is 2.78 bits per heavy atom. The molecule has 0 aromatic heterocycles. The monoisotopic (exact) mass is 123 g/mol. The van der Waals surface area contributed by atoms with Crippen molar-refractivity contribution in [2.75, 3.05) is 0 Å². The van der Waals surface area contributed by atoms with Crippen molar-refractivity contribution in [2.45, 2.75) is 12.8 Å². The van der Waals surface area contributed by atoms with Crippen LogP contribution in [0.5, 0.6) is 0 Å². The summed E-state index contributed by atoms with van der Waals surface area (Å²) in [7, 11) is 2.93. The van der Waals surface area contributed by atoms with Gasteiger partial charge in [-0.2, -0.15) is 0 Å². The molecule has 2 heteroatoms. The highest BCUT2D eigenvalue weighted by Crippen LogP contribution is 2.27. The highest BCUT2D eigenvalue weighted by molar-refractivity contribution is 5.88. The second-order valence-electron chi connectivity index (χ2n) is 1.98. The molecule has 1 radical (unpaired) electrons. The summed E-state index contributed by atoms with van der Waals surface area (Å²) < 4.78 is 4.07. The zero-order valence-corrected chi connectivity index (χ0v) is 5.02. The van der Waals surface area contributed by atoms with E-state index in [1.165, 1.54) is 0 Å². The fourth-order valence-corrected chi connectivity index (χ4v) is 0.425. The minimum atomic E-state index is -0.540. The van der Waals surface area contributed by atoms with E-state index in [4.69, 9.17) is 0 Å². The van der Waals surface area contributed by atoms with Gasteiger partial charge in [0.15, 0.2) is 0 Å². The van der Waals surface area contributed by atoms with E-state index in [0.29, 0.717) is 5.92 Å². The molecular weight excluding hydrogens is 116 g/mol. The Morgan fingerprint density at radius 1 is 1.67 bits per heavy atom. The first-order valence-corrected chi connectivity index (χ1v) is 2.80. The molecule has 1 aliphatic carbocycles. The van der Waals surface area contributed by atoms with Crippen molar-refractivity contribution in [2.24, 2.45) is 5.92 Å². The molecule has 0 heterocycles. The molecule has 0 aromatic carbocycles. The number of hydrogen-bond acceptors (Lipinski definition) is 2. The average Bonchev–Trinajstić information content (AvgIpc) is 2.65. The van der Waals surface area contributed by atoms with E-state index in [-0.39, 0.29) is 0 Å². The molecular formula is C7H7O2. The molecule has 0 aromatic rings. The third-order valence-corrected chi connectivity index (χ3v) is 1.09. The minimum absolute atomic E-state index is 0.448. The average molecular weight is 123 g/mol. The normalized spacial score (nSPS) is 15.7. The molecule has 47 valence electrons. The first-order valence-electron chi connectivity index (χ1n) is 2.80. The van der Waals surface area contributed by atoms with Gasteiger partial charge in [0.2, 0.25) is 0 Å². The summed E-state index contributed by atoms with van der Waals surface area (Å²) in [5, 5.41) is 0. The lowest BCUT2D eigenvalue weighted by atomic mass is 10.4. The smallest absolute Gasteiger partial charge is 0.384 e. The SMILES string of the molecule is [CH2]OC(=O)C#CC1CC1. The van der Waals surface area contributed by atoms with Gasteiger partial charge in [0.05, 0.1) is 0 Å². The van der Waals surface area contributed by atoms with E-state index < -0.39 is 5.97 Å². The summed E-state index contributed by atoms with van der Waals surface area (Å²) in [4.78, 5) is 10.3. The molecule has 1 rings (SSSR count). The lowest BCUT2D eigenvalue weighted by molar-refractivity contribution is -0.131. The van der Waals surface area contributed by atoms with E-state index in [0.717, 1.165) is 12.8 Å². The molecule has 1 aliphatic rings. The third-order valence-electron chi connectivity index (χ3n) is 1.09. The van der Waals surface area contributed by atoms with E-state index in [9.17, 15) is 4.79 Å². The van der Waals surface area contributed by atoms with Crippen molar-refractivity contribution in [3.05, 3.63) is 7.11 Å². The summed E-state index contributed by atoms with van der Waals surface area (Å²) in [6.45, 7) is 0. The summed E-state index contributed by atoms with van der Waals surface area (Å²) in [5.41, 5.74) is 0. The van der Waals surface area contributed by atoms with Crippen molar-refractivity contribution in [3.8, 4) is 11.8 Å². The molecule has 0 bridgehead atoms. The first-order chi connectivity index (χ1) is 4.33. The predicted octanol–water partition coefficient (Wildman–Crippen LogP) is 0.735. The van der Waals surface area contributed by atoms with Crippen molar-refractivity contribution in [1.29, 1.82) is 0 Å². The summed E-state index contributed by atoms with van der Waals surface area (Å²) in [6.07, 6.45) is 2.24. The molecule has 1 saturated carbocycles. The summed E-state index contributed by atoms with van der Waals surface area (Å²) >= 11 is 0. The van der Waals surface area contributed by atoms with Crippen LogP contribution < -0.4 is 0 Å². The molecule has 0 amide bonds. The van der Waals surface area contributed by atoms with Crippen LogP contribution in [0.25, 0.3) is 0 Å². The zero-order chi connectivity index (χ0) is 6.69. The van der Waals surface area contributed by atoms with Crippen LogP contribution in [0.2, 0.25) is 0 Å². The quantitative estimate of drug-likeness (QED) is 0.270. The molecule has 1 fully saturated rings. The molecule has 0 spiro atoms. The van der Waals surface area contributed by atoms with E-state index in [2.05, 4.69) is 23.7 Å². The molecule has 0 saturated heterocycles. The van der Waals surface area contributed by atoms with Gasteiger partial charge in [0.1, 0.15) is 7.11 Å². The Bertz CT molecular complexity index is 169. The predicted molar refractivity (Wildman–Crippen MR) is 31.9 cm³/mol. The topological polar surface area (TPSA) is 26.3 Å².